The Morgan fingerprint density at radius 2 is 2.16 bits per heavy atom. The molecule has 0 radical (unpaired) electrons. The Hall–Kier alpha value is -2.18. The summed E-state index contributed by atoms with van der Waals surface area (Å²) in [5, 5.41) is 4.41. The maximum absolute atomic E-state index is 5.96. The molecule has 0 bridgehead atoms. The van der Waals surface area contributed by atoms with Crippen molar-refractivity contribution in [3.05, 3.63) is 30.6 Å². The fourth-order valence-electron chi connectivity index (χ4n) is 3.45. The number of fused-ring (bicyclic) bond motifs is 3. The maximum Gasteiger partial charge on any atom is 0.196 e. The third-order valence-corrected chi connectivity index (χ3v) is 4.50. The van der Waals surface area contributed by atoms with Crippen LogP contribution in [-0.2, 0) is 4.74 Å². The summed E-state index contributed by atoms with van der Waals surface area (Å²) in [6.45, 7) is 9.06. The van der Waals surface area contributed by atoms with E-state index in [9.17, 15) is 0 Å². The number of morpholine rings is 1. The van der Waals surface area contributed by atoms with Gasteiger partial charge in [-0.1, -0.05) is 26.0 Å². The van der Waals surface area contributed by atoms with Gasteiger partial charge >= 0.3 is 0 Å². The first-order valence-corrected chi connectivity index (χ1v) is 8.91. The Bertz CT molecular complexity index is 861. The van der Waals surface area contributed by atoms with Crippen LogP contribution >= 0.6 is 0 Å². The number of benzene rings is 1. The summed E-state index contributed by atoms with van der Waals surface area (Å²) in [7, 11) is 0. The molecule has 4 rings (SSSR count). The van der Waals surface area contributed by atoms with Gasteiger partial charge in [0.05, 0.1) is 12.7 Å². The van der Waals surface area contributed by atoms with E-state index in [4.69, 9.17) is 9.15 Å². The SMILES string of the molecule is CC(C)CN1CCOC(CNc2ncnc3c2oc2ccccc23)C1. The van der Waals surface area contributed by atoms with Crippen LogP contribution in [-0.4, -0.2) is 53.8 Å². The highest BCUT2D eigenvalue weighted by molar-refractivity contribution is 6.05. The van der Waals surface area contributed by atoms with E-state index in [1.54, 1.807) is 6.33 Å². The van der Waals surface area contributed by atoms with Gasteiger partial charge in [-0.05, 0) is 18.1 Å². The maximum atomic E-state index is 5.96. The molecule has 132 valence electrons. The third-order valence-electron chi connectivity index (χ3n) is 4.50. The van der Waals surface area contributed by atoms with Crippen molar-refractivity contribution in [2.75, 3.05) is 38.1 Å². The first-order valence-electron chi connectivity index (χ1n) is 8.91. The van der Waals surface area contributed by atoms with Gasteiger partial charge in [0.2, 0.25) is 0 Å². The molecule has 1 atom stereocenters. The minimum atomic E-state index is 0.155. The molecule has 6 nitrogen and oxygen atoms in total. The van der Waals surface area contributed by atoms with Crippen molar-refractivity contribution < 1.29 is 9.15 Å². The Morgan fingerprint density at radius 3 is 3.04 bits per heavy atom. The zero-order valence-electron chi connectivity index (χ0n) is 14.7. The number of aromatic nitrogens is 2. The van der Waals surface area contributed by atoms with Crippen LogP contribution in [0.15, 0.2) is 35.0 Å². The lowest BCUT2D eigenvalue weighted by molar-refractivity contribution is -0.0244. The predicted molar refractivity (Wildman–Crippen MR) is 98.8 cm³/mol. The minimum Gasteiger partial charge on any atom is -0.450 e. The highest BCUT2D eigenvalue weighted by Gasteiger charge is 2.21. The molecule has 2 aromatic heterocycles. The second-order valence-corrected chi connectivity index (χ2v) is 7.03. The molecule has 1 aliphatic heterocycles. The molecule has 6 heteroatoms. The molecule has 0 spiro atoms. The molecule has 0 amide bonds. The van der Waals surface area contributed by atoms with Gasteiger partial charge in [-0.3, -0.25) is 4.90 Å². The molecule has 25 heavy (non-hydrogen) atoms. The number of ether oxygens (including phenoxy) is 1. The second kappa shape index (κ2) is 6.98. The molecule has 1 fully saturated rings. The van der Waals surface area contributed by atoms with Gasteiger partial charge in [0.15, 0.2) is 11.4 Å². The summed E-state index contributed by atoms with van der Waals surface area (Å²) in [6.07, 6.45) is 1.74. The van der Waals surface area contributed by atoms with Gasteiger partial charge in [0.25, 0.3) is 0 Å². The van der Waals surface area contributed by atoms with Crippen LogP contribution in [0.5, 0.6) is 0 Å². The van der Waals surface area contributed by atoms with Gasteiger partial charge in [-0.25, -0.2) is 9.97 Å². The van der Waals surface area contributed by atoms with E-state index in [0.29, 0.717) is 18.0 Å². The van der Waals surface area contributed by atoms with Crippen LogP contribution in [0, 0.1) is 5.92 Å². The van der Waals surface area contributed by atoms with E-state index in [1.165, 1.54) is 0 Å². The zero-order chi connectivity index (χ0) is 17.2. The van der Waals surface area contributed by atoms with Crippen molar-refractivity contribution in [1.82, 2.24) is 14.9 Å². The number of anilines is 1. The van der Waals surface area contributed by atoms with Crippen molar-refractivity contribution in [2.45, 2.75) is 20.0 Å². The highest BCUT2D eigenvalue weighted by Crippen LogP contribution is 2.30. The largest absolute Gasteiger partial charge is 0.450 e. The van der Waals surface area contributed by atoms with E-state index in [1.807, 2.05) is 24.3 Å². The normalized spacial score (nSPS) is 19.1. The molecule has 3 aromatic rings. The topological polar surface area (TPSA) is 63.4 Å². The van der Waals surface area contributed by atoms with Crippen LogP contribution in [0.25, 0.3) is 22.1 Å². The monoisotopic (exact) mass is 340 g/mol. The first-order chi connectivity index (χ1) is 12.2. The number of hydrogen-bond donors (Lipinski definition) is 1. The quantitative estimate of drug-likeness (QED) is 0.770. The van der Waals surface area contributed by atoms with E-state index >= 15 is 0 Å². The fraction of sp³-hybridized carbons (Fsp3) is 0.474. The number of rotatable bonds is 5. The van der Waals surface area contributed by atoms with E-state index in [2.05, 4.69) is 34.0 Å². The number of nitrogens with zero attached hydrogens (tertiary/aromatic N) is 3. The molecule has 1 unspecified atom stereocenters. The Morgan fingerprint density at radius 1 is 1.28 bits per heavy atom. The van der Waals surface area contributed by atoms with Crippen LogP contribution < -0.4 is 5.32 Å². The summed E-state index contributed by atoms with van der Waals surface area (Å²) >= 11 is 0. The Kier molecular flexibility index (Phi) is 4.55. The van der Waals surface area contributed by atoms with E-state index in [-0.39, 0.29) is 6.10 Å². The number of nitrogens with one attached hydrogen (secondary N) is 1. The van der Waals surface area contributed by atoms with Gasteiger partial charge in [-0.2, -0.15) is 0 Å². The number of furan rings is 1. The Balaban J connectivity index is 1.49. The van der Waals surface area contributed by atoms with Crippen molar-refractivity contribution in [2.24, 2.45) is 5.92 Å². The summed E-state index contributed by atoms with van der Waals surface area (Å²) in [6, 6.07) is 7.93. The van der Waals surface area contributed by atoms with Gasteiger partial charge in [0.1, 0.15) is 17.4 Å². The first kappa shape index (κ1) is 16.3. The smallest absolute Gasteiger partial charge is 0.196 e. The predicted octanol–water partition coefficient (Wildman–Crippen LogP) is 3.14. The van der Waals surface area contributed by atoms with Crippen LogP contribution in [0.3, 0.4) is 0 Å². The lowest BCUT2D eigenvalue weighted by Gasteiger charge is -2.34. The van der Waals surface area contributed by atoms with Gasteiger partial charge in [-0.15, -0.1) is 0 Å². The minimum absolute atomic E-state index is 0.155. The van der Waals surface area contributed by atoms with E-state index < -0.39 is 0 Å². The van der Waals surface area contributed by atoms with Crippen molar-refractivity contribution in [1.29, 1.82) is 0 Å². The molecule has 1 aromatic carbocycles. The van der Waals surface area contributed by atoms with Gasteiger partial charge in [0, 0.05) is 31.6 Å². The molecular formula is C19H24N4O2. The Labute approximate surface area is 147 Å². The van der Waals surface area contributed by atoms with Crippen LogP contribution in [0.1, 0.15) is 13.8 Å². The molecule has 0 saturated carbocycles. The summed E-state index contributed by atoms with van der Waals surface area (Å²) < 4.78 is 11.9. The third kappa shape index (κ3) is 3.45. The van der Waals surface area contributed by atoms with Crippen LogP contribution in [0.2, 0.25) is 0 Å². The van der Waals surface area contributed by atoms with Crippen molar-refractivity contribution >= 4 is 27.9 Å². The lowest BCUT2D eigenvalue weighted by Crippen LogP contribution is -2.46. The summed E-state index contributed by atoms with van der Waals surface area (Å²) in [4.78, 5) is 11.2. The van der Waals surface area contributed by atoms with Crippen LogP contribution in [0.4, 0.5) is 5.82 Å². The highest BCUT2D eigenvalue weighted by atomic mass is 16.5. The average Bonchev–Trinajstić information content (AvgIpc) is 2.99. The molecular weight excluding hydrogens is 316 g/mol. The number of hydrogen-bond acceptors (Lipinski definition) is 6. The average molecular weight is 340 g/mol. The molecule has 1 aliphatic rings. The lowest BCUT2D eigenvalue weighted by atomic mass is 10.2. The number of para-hydroxylation sites is 1. The second-order valence-electron chi connectivity index (χ2n) is 7.03. The van der Waals surface area contributed by atoms with Crippen molar-refractivity contribution in [3.63, 3.8) is 0 Å². The zero-order valence-corrected chi connectivity index (χ0v) is 14.7. The fourth-order valence-corrected chi connectivity index (χ4v) is 3.45. The summed E-state index contributed by atoms with van der Waals surface area (Å²) in [5.74, 6) is 1.40. The summed E-state index contributed by atoms with van der Waals surface area (Å²) in [5.41, 5.74) is 2.38. The molecule has 1 saturated heterocycles. The van der Waals surface area contributed by atoms with E-state index in [0.717, 1.165) is 48.5 Å². The molecule has 3 heterocycles. The molecule has 0 aliphatic carbocycles. The standard InChI is InChI=1S/C19H24N4O2/c1-13(2)10-23-7-8-24-14(11-23)9-20-19-18-17(21-12-22-19)15-5-3-4-6-16(15)25-18/h3-6,12-14H,7-11H2,1-2H3,(H,20,21,22). The van der Waals surface area contributed by atoms with Gasteiger partial charge < -0.3 is 14.5 Å². The van der Waals surface area contributed by atoms with Crippen molar-refractivity contribution in [3.8, 4) is 0 Å². The molecule has 1 N–H and O–H groups in total.